The standard InChI is InChI=1S/C15H26N2O/c1-4-12-16-15(9-10-15)13(18)17(12)11-5-7-14(2,3)8-6-11/h11-12,16H,4-10H2,1-3H3. The fourth-order valence-corrected chi connectivity index (χ4v) is 3.70. The normalized spacial score (nSPS) is 34.3. The lowest BCUT2D eigenvalue weighted by Crippen LogP contribution is -2.46. The maximum absolute atomic E-state index is 12.6. The third-order valence-electron chi connectivity index (χ3n) is 5.26. The van der Waals surface area contributed by atoms with Crippen molar-refractivity contribution in [1.29, 1.82) is 0 Å². The van der Waals surface area contributed by atoms with Gasteiger partial charge < -0.3 is 4.90 Å². The Morgan fingerprint density at radius 3 is 2.33 bits per heavy atom. The van der Waals surface area contributed by atoms with E-state index in [1.807, 2.05) is 0 Å². The molecule has 1 N–H and O–H groups in total. The van der Waals surface area contributed by atoms with E-state index in [2.05, 4.69) is 31.0 Å². The first-order valence-corrected chi connectivity index (χ1v) is 7.58. The molecule has 1 unspecified atom stereocenters. The number of nitrogens with zero attached hydrogens (tertiary/aromatic N) is 1. The summed E-state index contributed by atoms with van der Waals surface area (Å²) in [6, 6.07) is 0.489. The van der Waals surface area contributed by atoms with E-state index in [1.165, 1.54) is 25.7 Å². The van der Waals surface area contributed by atoms with Gasteiger partial charge in [0.15, 0.2) is 0 Å². The molecule has 2 aliphatic carbocycles. The predicted octanol–water partition coefficient (Wildman–Crippen LogP) is 2.66. The fourth-order valence-electron chi connectivity index (χ4n) is 3.70. The number of hydrogen-bond donors (Lipinski definition) is 1. The Kier molecular flexibility index (Phi) is 2.74. The van der Waals surface area contributed by atoms with Gasteiger partial charge in [0, 0.05) is 6.04 Å². The molecule has 3 heteroatoms. The number of carbonyl (C=O) groups is 1. The molecular weight excluding hydrogens is 224 g/mol. The van der Waals surface area contributed by atoms with Crippen LogP contribution >= 0.6 is 0 Å². The molecule has 2 saturated carbocycles. The smallest absolute Gasteiger partial charge is 0.244 e. The molecule has 1 heterocycles. The van der Waals surface area contributed by atoms with Crippen molar-refractivity contribution < 1.29 is 4.79 Å². The van der Waals surface area contributed by atoms with Crippen LogP contribution in [0.4, 0.5) is 0 Å². The lowest BCUT2D eigenvalue weighted by molar-refractivity contribution is -0.134. The molecule has 18 heavy (non-hydrogen) atoms. The Balaban J connectivity index is 1.73. The zero-order chi connectivity index (χ0) is 13.0. The number of hydrogen-bond acceptors (Lipinski definition) is 2. The summed E-state index contributed by atoms with van der Waals surface area (Å²) < 4.78 is 0. The average Bonchev–Trinajstić information content (AvgIpc) is 3.04. The van der Waals surface area contributed by atoms with Crippen LogP contribution < -0.4 is 5.32 Å². The van der Waals surface area contributed by atoms with Crippen molar-refractivity contribution in [1.82, 2.24) is 10.2 Å². The van der Waals surface area contributed by atoms with Gasteiger partial charge in [0.2, 0.25) is 5.91 Å². The van der Waals surface area contributed by atoms with Crippen molar-refractivity contribution in [3.8, 4) is 0 Å². The van der Waals surface area contributed by atoms with E-state index in [-0.39, 0.29) is 5.54 Å². The van der Waals surface area contributed by atoms with E-state index in [0.29, 0.717) is 23.5 Å². The van der Waals surface area contributed by atoms with Gasteiger partial charge in [-0.3, -0.25) is 10.1 Å². The van der Waals surface area contributed by atoms with Crippen molar-refractivity contribution in [2.75, 3.05) is 0 Å². The van der Waals surface area contributed by atoms with Gasteiger partial charge in [-0.15, -0.1) is 0 Å². The van der Waals surface area contributed by atoms with Gasteiger partial charge in [-0.25, -0.2) is 0 Å². The maximum atomic E-state index is 12.6. The van der Waals surface area contributed by atoms with Crippen LogP contribution in [0.2, 0.25) is 0 Å². The predicted molar refractivity (Wildman–Crippen MR) is 72.1 cm³/mol. The zero-order valence-electron chi connectivity index (χ0n) is 12.0. The summed E-state index contributed by atoms with van der Waals surface area (Å²) in [5.41, 5.74) is 0.347. The minimum atomic E-state index is -0.131. The molecule has 3 fully saturated rings. The molecule has 3 aliphatic rings. The van der Waals surface area contributed by atoms with Crippen LogP contribution in [-0.2, 0) is 4.79 Å². The van der Waals surface area contributed by atoms with Crippen molar-refractivity contribution in [3.63, 3.8) is 0 Å². The molecule has 3 nitrogen and oxygen atoms in total. The van der Waals surface area contributed by atoms with Crippen LogP contribution in [0.1, 0.15) is 65.7 Å². The zero-order valence-corrected chi connectivity index (χ0v) is 12.0. The lowest BCUT2D eigenvalue weighted by Gasteiger charge is -2.40. The highest BCUT2D eigenvalue weighted by atomic mass is 16.2. The molecule has 0 aromatic heterocycles. The van der Waals surface area contributed by atoms with Crippen molar-refractivity contribution in [2.24, 2.45) is 5.41 Å². The molecule has 1 amide bonds. The highest BCUT2D eigenvalue weighted by molar-refractivity contribution is 5.92. The molecule has 1 aliphatic heterocycles. The number of nitrogens with one attached hydrogen (secondary N) is 1. The summed E-state index contributed by atoms with van der Waals surface area (Å²) in [6.45, 7) is 6.89. The SMILES string of the molecule is CCC1NC2(CC2)C(=O)N1C1CCC(C)(C)CC1. The second-order valence-electron chi connectivity index (χ2n) is 7.26. The third-order valence-corrected chi connectivity index (χ3v) is 5.26. The fraction of sp³-hybridized carbons (Fsp3) is 0.933. The first-order valence-electron chi connectivity index (χ1n) is 7.58. The highest BCUT2D eigenvalue weighted by Gasteiger charge is 2.59. The van der Waals surface area contributed by atoms with Gasteiger partial charge >= 0.3 is 0 Å². The van der Waals surface area contributed by atoms with Crippen LogP contribution in [0.3, 0.4) is 0 Å². The minimum absolute atomic E-state index is 0.131. The highest BCUT2D eigenvalue weighted by Crippen LogP contribution is 2.46. The van der Waals surface area contributed by atoms with Crippen molar-refractivity contribution in [3.05, 3.63) is 0 Å². The maximum Gasteiger partial charge on any atom is 0.244 e. The van der Waals surface area contributed by atoms with Crippen LogP contribution in [-0.4, -0.2) is 28.6 Å². The van der Waals surface area contributed by atoms with Gasteiger partial charge in [0.25, 0.3) is 0 Å². The van der Waals surface area contributed by atoms with E-state index < -0.39 is 0 Å². The molecule has 0 radical (unpaired) electrons. The molecular formula is C15H26N2O. The Morgan fingerprint density at radius 2 is 1.83 bits per heavy atom. The summed E-state index contributed by atoms with van der Waals surface area (Å²) in [5.74, 6) is 0.402. The van der Waals surface area contributed by atoms with E-state index in [0.717, 1.165) is 19.3 Å². The van der Waals surface area contributed by atoms with Gasteiger partial charge in [0.1, 0.15) is 0 Å². The molecule has 1 saturated heterocycles. The first-order chi connectivity index (χ1) is 8.47. The minimum Gasteiger partial charge on any atom is -0.323 e. The molecule has 0 bridgehead atoms. The molecule has 3 rings (SSSR count). The van der Waals surface area contributed by atoms with Gasteiger partial charge in [-0.1, -0.05) is 20.8 Å². The van der Waals surface area contributed by atoms with Crippen LogP contribution in [0.15, 0.2) is 0 Å². The monoisotopic (exact) mass is 250 g/mol. The molecule has 1 spiro atoms. The Labute approximate surface area is 110 Å². The van der Waals surface area contributed by atoms with Gasteiger partial charge in [0.05, 0.1) is 11.7 Å². The second kappa shape index (κ2) is 3.96. The molecule has 0 aromatic rings. The number of amides is 1. The topological polar surface area (TPSA) is 32.3 Å². The molecule has 102 valence electrons. The third kappa shape index (κ3) is 1.87. The summed E-state index contributed by atoms with van der Waals surface area (Å²) in [6.07, 6.45) is 8.32. The van der Waals surface area contributed by atoms with Crippen molar-refractivity contribution >= 4 is 5.91 Å². The lowest BCUT2D eigenvalue weighted by atomic mass is 9.75. The van der Waals surface area contributed by atoms with E-state index >= 15 is 0 Å². The summed E-state index contributed by atoms with van der Waals surface area (Å²) in [7, 11) is 0. The first kappa shape index (κ1) is 12.5. The Bertz CT molecular complexity index is 350. The Morgan fingerprint density at radius 1 is 1.22 bits per heavy atom. The van der Waals surface area contributed by atoms with Crippen LogP contribution in [0.5, 0.6) is 0 Å². The summed E-state index contributed by atoms with van der Waals surface area (Å²) in [4.78, 5) is 14.8. The summed E-state index contributed by atoms with van der Waals surface area (Å²) in [5, 5.41) is 3.59. The van der Waals surface area contributed by atoms with Crippen LogP contribution in [0.25, 0.3) is 0 Å². The van der Waals surface area contributed by atoms with E-state index in [9.17, 15) is 4.79 Å². The molecule has 0 aromatic carbocycles. The van der Waals surface area contributed by atoms with Gasteiger partial charge in [-0.2, -0.15) is 0 Å². The Hall–Kier alpha value is -0.570. The van der Waals surface area contributed by atoms with Gasteiger partial charge in [-0.05, 0) is 50.4 Å². The van der Waals surface area contributed by atoms with E-state index in [4.69, 9.17) is 0 Å². The van der Waals surface area contributed by atoms with Crippen molar-refractivity contribution in [2.45, 2.75) is 83.5 Å². The summed E-state index contributed by atoms with van der Waals surface area (Å²) >= 11 is 0. The quantitative estimate of drug-likeness (QED) is 0.817. The number of carbonyl (C=O) groups excluding carboxylic acids is 1. The van der Waals surface area contributed by atoms with E-state index in [1.54, 1.807) is 0 Å². The average molecular weight is 250 g/mol. The van der Waals surface area contributed by atoms with Crippen LogP contribution in [0, 0.1) is 5.41 Å². The number of rotatable bonds is 2. The molecule has 1 atom stereocenters. The second-order valence-corrected chi connectivity index (χ2v) is 7.26. The largest absolute Gasteiger partial charge is 0.323 e.